The van der Waals surface area contributed by atoms with E-state index in [2.05, 4.69) is 5.32 Å². The van der Waals surface area contributed by atoms with Crippen molar-refractivity contribution in [2.45, 2.75) is 25.7 Å². The quantitative estimate of drug-likeness (QED) is 0.701. The van der Waals surface area contributed by atoms with Gasteiger partial charge in [-0.3, -0.25) is 4.79 Å². The Morgan fingerprint density at radius 2 is 1.93 bits per heavy atom. The molecule has 1 rings (SSSR count). The van der Waals surface area contributed by atoms with Crippen LogP contribution in [0.1, 0.15) is 25.7 Å². The first-order chi connectivity index (χ1) is 7.26. The number of amides is 1. The lowest BCUT2D eigenvalue weighted by atomic mass is 9.82. The van der Waals surface area contributed by atoms with Crippen LogP contribution in [0.25, 0.3) is 0 Å². The lowest BCUT2D eigenvalue weighted by molar-refractivity contribution is -0.124. The minimum absolute atomic E-state index is 0.0153. The molecule has 0 aromatic carbocycles. The molecule has 0 bridgehead atoms. The fourth-order valence-electron chi connectivity index (χ4n) is 2.11. The zero-order valence-electron chi connectivity index (χ0n) is 9.50. The van der Waals surface area contributed by atoms with Crippen molar-refractivity contribution in [1.82, 2.24) is 5.32 Å². The zero-order chi connectivity index (χ0) is 11.1. The highest BCUT2D eigenvalue weighted by Gasteiger charge is 2.20. The van der Waals surface area contributed by atoms with Gasteiger partial charge in [-0.2, -0.15) is 0 Å². The average molecular weight is 214 g/mol. The fourth-order valence-corrected chi connectivity index (χ4v) is 2.11. The maximum absolute atomic E-state index is 11.2. The molecule has 0 aromatic heterocycles. The van der Waals surface area contributed by atoms with Crippen LogP contribution in [-0.4, -0.2) is 32.7 Å². The number of carbonyl (C=O) groups is 1. The average Bonchev–Trinajstić information content (AvgIpc) is 2.27. The summed E-state index contributed by atoms with van der Waals surface area (Å²) in [6.07, 6.45) is 4.80. The Morgan fingerprint density at radius 1 is 1.33 bits per heavy atom. The van der Waals surface area contributed by atoms with E-state index in [1.165, 1.54) is 32.8 Å². The van der Waals surface area contributed by atoms with Crippen LogP contribution in [0.3, 0.4) is 0 Å². The SMILES string of the molecule is COCC(=O)NCC1CCC(CN)CC1. The Balaban J connectivity index is 2.10. The molecule has 0 unspecified atom stereocenters. The number of ether oxygens (including phenoxy) is 1. The molecule has 0 saturated heterocycles. The van der Waals surface area contributed by atoms with Gasteiger partial charge in [0.1, 0.15) is 6.61 Å². The van der Waals surface area contributed by atoms with E-state index in [9.17, 15) is 4.79 Å². The normalized spacial score (nSPS) is 26.3. The number of carbonyl (C=O) groups excluding carboxylic acids is 1. The Morgan fingerprint density at radius 3 is 2.47 bits per heavy atom. The van der Waals surface area contributed by atoms with Crippen LogP contribution in [0, 0.1) is 11.8 Å². The Hall–Kier alpha value is -0.610. The summed E-state index contributed by atoms with van der Waals surface area (Å²) < 4.78 is 4.75. The van der Waals surface area contributed by atoms with Crippen LogP contribution in [-0.2, 0) is 9.53 Å². The van der Waals surface area contributed by atoms with Crippen molar-refractivity contribution in [3.05, 3.63) is 0 Å². The molecule has 4 heteroatoms. The van der Waals surface area contributed by atoms with Gasteiger partial charge < -0.3 is 15.8 Å². The summed E-state index contributed by atoms with van der Waals surface area (Å²) in [6, 6.07) is 0. The number of rotatable bonds is 5. The van der Waals surface area contributed by atoms with Gasteiger partial charge in [-0.1, -0.05) is 0 Å². The van der Waals surface area contributed by atoms with E-state index < -0.39 is 0 Å². The first kappa shape index (κ1) is 12.5. The zero-order valence-corrected chi connectivity index (χ0v) is 9.50. The summed E-state index contributed by atoms with van der Waals surface area (Å²) in [5.41, 5.74) is 5.62. The predicted octanol–water partition coefficient (Wildman–Crippen LogP) is 0.514. The maximum Gasteiger partial charge on any atom is 0.245 e. The smallest absolute Gasteiger partial charge is 0.245 e. The number of nitrogens with two attached hydrogens (primary N) is 1. The molecule has 15 heavy (non-hydrogen) atoms. The molecule has 1 aliphatic rings. The van der Waals surface area contributed by atoms with Gasteiger partial charge in [0.25, 0.3) is 0 Å². The standard InChI is InChI=1S/C11H22N2O2/c1-15-8-11(14)13-7-10-4-2-9(6-12)3-5-10/h9-10H,2-8,12H2,1H3,(H,13,14). The minimum Gasteiger partial charge on any atom is -0.375 e. The molecule has 0 aliphatic heterocycles. The summed E-state index contributed by atoms with van der Waals surface area (Å²) in [7, 11) is 1.53. The first-order valence-electron chi connectivity index (χ1n) is 5.72. The minimum atomic E-state index is -0.0153. The van der Waals surface area contributed by atoms with Crippen molar-refractivity contribution in [2.24, 2.45) is 17.6 Å². The van der Waals surface area contributed by atoms with Crippen LogP contribution in [0.4, 0.5) is 0 Å². The third kappa shape index (κ3) is 4.62. The van der Waals surface area contributed by atoms with Gasteiger partial charge in [-0.05, 0) is 44.1 Å². The molecule has 1 amide bonds. The van der Waals surface area contributed by atoms with Crippen LogP contribution in [0.5, 0.6) is 0 Å². The molecule has 88 valence electrons. The van der Waals surface area contributed by atoms with Gasteiger partial charge in [-0.25, -0.2) is 0 Å². The highest BCUT2D eigenvalue weighted by atomic mass is 16.5. The van der Waals surface area contributed by atoms with Crippen LogP contribution in [0.2, 0.25) is 0 Å². The lowest BCUT2D eigenvalue weighted by Crippen LogP contribution is -2.34. The molecule has 1 fully saturated rings. The topological polar surface area (TPSA) is 64.3 Å². The second-order valence-corrected chi connectivity index (χ2v) is 4.36. The van der Waals surface area contributed by atoms with Gasteiger partial charge in [0.05, 0.1) is 0 Å². The van der Waals surface area contributed by atoms with Gasteiger partial charge in [0, 0.05) is 13.7 Å². The van der Waals surface area contributed by atoms with Crippen LogP contribution < -0.4 is 11.1 Å². The molecule has 0 radical (unpaired) electrons. The van der Waals surface area contributed by atoms with E-state index in [4.69, 9.17) is 10.5 Å². The third-order valence-electron chi connectivity index (χ3n) is 3.16. The molecule has 4 nitrogen and oxygen atoms in total. The first-order valence-corrected chi connectivity index (χ1v) is 5.72. The summed E-state index contributed by atoms with van der Waals surface area (Å²) in [6.45, 7) is 1.76. The van der Waals surface area contributed by atoms with E-state index >= 15 is 0 Å². The second kappa shape index (κ2) is 6.80. The highest BCUT2D eigenvalue weighted by Crippen LogP contribution is 2.27. The molecule has 1 aliphatic carbocycles. The second-order valence-electron chi connectivity index (χ2n) is 4.36. The van der Waals surface area contributed by atoms with E-state index in [1.807, 2.05) is 0 Å². The van der Waals surface area contributed by atoms with Gasteiger partial charge in [-0.15, -0.1) is 0 Å². The van der Waals surface area contributed by atoms with Crippen molar-refractivity contribution in [3.63, 3.8) is 0 Å². The summed E-state index contributed by atoms with van der Waals surface area (Å²) in [4.78, 5) is 11.2. The van der Waals surface area contributed by atoms with E-state index in [-0.39, 0.29) is 12.5 Å². The molecular weight excluding hydrogens is 192 g/mol. The third-order valence-corrected chi connectivity index (χ3v) is 3.16. The molecular formula is C11H22N2O2. The lowest BCUT2D eigenvalue weighted by Gasteiger charge is -2.27. The number of hydrogen-bond donors (Lipinski definition) is 2. The Bertz CT molecular complexity index is 189. The molecule has 3 N–H and O–H groups in total. The molecule has 0 atom stereocenters. The largest absolute Gasteiger partial charge is 0.375 e. The van der Waals surface area contributed by atoms with Crippen molar-refractivity contribution >= 4 is 5.91 Å². The van der Waals surface area contributed by atoms with Crippen molar-refractivity contribution in [2.75, 3.05) is 26.8 Å². The molecule has 0 heterocycles. The number of methoxy groups -OCH3 is 1. The van der Waals surface area contributed by atoms with Crippen LogP contribution in [0.15, 0.2) is 0 Å². The van der Waals surface area contributed by atoms with E-state index in [0.29, 0.717) is 11.8 Å². The fraction of sp³-hybridized carbons (Fsp3) is 0.909. The summed E-state index contributed by atoms with van der Waals surface area (Å²) in [5, 5.41) is 2.89. The van der Waals surface area contributed by atoms with E-state index in [1.54, 1.807) is 0 Å². The number of nitrogens with one attached hydrogen (secondary N) is 1. The van der Waals surface area contributed by atoms with Crippen molar-refractivity contribution in [1.29, 1.82) is 0 Å². The molecule has 0 spiro atoms. The monoisotopic (exact) mass is 214 g/mol. The summed E-state index contributed by atoms with van der Waals surface area (Å²) >= 11 is 0. The Labute approximate surface area is 91.5 Å². The van der Waals surface area contributed by atoms with E-state index in [0.717, 1.165) is 13.1 Å². The van der Waals surface area contributed by atoms with Gasteiger partial charge in [0.15, 0.2) is 0 Å². The number of hydrogen-bond acceptors (Lipinski definition) is 3. The van der Waals surface area contributed by atoms with Gasteiger partial charge >= 0.3 is 0 Å². The van der Waals surface area contributed by atoms with Crippen LogP contribution >= 0.6 is 0 Å². The molecule has 0 aromatic rings. The molecule has 1 saturated carbocycles. The highest BCUT2D eigenvalue weighted by molar-refractivity contribution is 5.77. The Kier molecular flexibility index (Phi) is 5.65. The van der Waals surface area contributed by atoms with Crippen molar-refractivity contribution in [3.8, 4) is 0 Å². The van der Waals surface area contributed by atoms with Gasteiger partial charge in [0.2, 0.25) is 5.91 Å². The van der Waals surface area contributed by atoms with Crippen molar-refractivity contribution < 1.29 is 9.53 Å². The summed E-state index contributed by atoms with van der Waals surface area (Å²) in [5.74, 6) is 1.32. The maximum atomic E-state index is 11.2. The predicted molar refractivity (Wildman–Crippen MR) is 59.4 cm³/mol.